The molecule has 0 radical (unpaired) electrons. The Balaban J connectivity index is 2.44. The van der Waals surface area contributed by atoms with Gasteiger partial charge in [-0.25, -0.2) is 0 Å². The molecule has 3 N–H and O–H groups in total. The molecule has 0 fully saturated rings. The zero-order valence-corrected chi connectivity index (χ0v) is 8.42. The molecule has 3 nitrogen and oxygen atoms in total. The molecule has 0 aliphatic carbocycles. The molecule has 0 unspecified atom stereocenters. The van der Waals surface area contributed by atoms with Gasteiger partial charge in [0.2, 0.25) is 0 Å². The molecule has 2 aromatic rings. The summed E-state index contributed by atoms with van der Waals surface area (Å²) in [7, 11) is 0. The van der Waals surface area contributed by atoms with Gasteiger partial charge in [0.05, 0.1) is 0 Å². The van der Waals surface area contributed by atoms with Crippen molar-refractivity contribution in [2.24, 2.45) is 5.73 Å². The summed E-state index contributed by atoms with van der Waals surface area (Å²) in [5, 5.41) is 0. The highest BCUT2D eigenvalue weighted by molar-refractivity contribution is 7.71. The van der Waals surface area contributed by atoms with Crippen molar-refractivity contribution in [3.05, 3.63) is 47.0 Å². The van der Waals surface area contributed by atoms with Crippen LogP contribution in [-0.2, 0) is 6.54 Å². The van der Waals surface area contributed by atoms with Crippen molar-refractivity contribution in [2.45, 2.75) is 6.54 Å². The minimum atomic E-state index is 0.568. The molecule has 1 heterocycles. The SMILES string of the molecule is NCc1ccc(-n2cc[nH]c2=S)cc1. The van der Waals surface area contributed by atoms with Gasteiger partial charge in [-0.2, -0.15) is 0 Å². The number of nitrogens with one attached hydrogen (secondary N) is 1. The summed E-state index contributed by atoms with van der Waals surface area (Å²) in [5.74, 6) is 0. The van der Waals surface area contributed by atoms with Crippen LogP contribution >= 0.6 is 12.2 Å². The van der Waals surface area contributed by atoms with Gasteiger partial charge in [0.25, 0.3) is 0 Å². The molecule has 0 atom stereocenters. The molecular formula is C10H11N3S. The van der Waals surface area contributed by atoms with E-state index in [2.05, 4.69) is 4.98 Å². The van der Waals surface area contributed by atoms with Crippen LogP contribution in [0.4, 0.5) is 0 Å². The Kier molecular flexibility index (Phi) is 2.47. The first-order chi connectivity index (χ1) is 6.81. The fraction of sp³-hybridized carbons (Fsp3) is 0.100. The van der Waals surface area contributed by atoms with E-state index in [0.29, 0.717) is 11.3 Å². The lowest BCUT2D eigenvalue weighted by atomic mass is 10.2. The standard InChI is InChI=1S/C10H11N3S/c11-7-8-1-3-9(4-2-8)13-6-5-12-10(13)14/h1-6H,7,11H2,(H,12,14). The van der Waals surface area contributed by atoms with E-state index in [1.54, 1.807) is 0 Å². The number of hydrogen-bond acceptors (Lipinski definition) is 2. The predicted molar refractivity (Wildman–Crippen MR) is 58.8 cm³/mol. The summed E-state index contributed by atoms with van der Waals surface area (Å²) in [6.45, 7) is 0.568. The van der Waals surface area contributed by atoms with E-state index < -0.39 is 0 Å². The second-order valence-electron chi connectivity index (χ2n) is 3.01. The monoisotopic (exact) mass is 205 g/mol. The number of aromatic nitrogens is 2. The molecule has 1 aromatic heterocycles. The number of imidazole rings is 1. The topological polar surface area (TPSA) is 46.7 Å². The molecule has 0 aliphatic heterocycles. The Morgan fingerprint density at radius 1 is 1.29 bits per heavy atom. The predicted octanol–water partition coefficient (Wildman–Crippen LogP) is 1.99. The van der Waals surface area contributed by atoms with Gasteiger partial charge in [0.1, 0.15) is 0 Å². The summed E-state index contributed by atoms with van der Waals surface area (Å²) >= 11 is 5.11. The van der Waals surface area contributed by atoms with E-state index in [-0.39, 0.29) is 0 Å². The van der Waals surface area contributed by atoms with E-state index in [1.165, 1.54) is 0 Å². The largest absolute Gasteiger partial charge is 0.337 e. The zero-order chi connectivity index (χ0) is 9.97. The molecule has 2 rings (SSSR count). The number of nitrogens with zero attached hydrogens (tertiary/aromatic N) is 1. The first kappa shape index (κ1) is 9.18. The van der Waals surface area contributed by atoms with Crippen molar-refractivity contribution in [3.63, 3.8) is 0 Å². The Bertz CT molecular complexity index is 467. The fourth-order valence-electron chi connectivity index (χ4n) is 1.32. The quantitative estimate of drug-likeness (QED) is 0.736. The molecule has 4 heteroatoms. The number of nitrogens with two attached hydrogens (primary N) is 1. The van der Waals surface area contributed by atoms with Crippen LogP contribution in [0.5, 0.6) is 0 Å². The number of H-pyrrole nitrogens is 1. The Labute approximate surface area is 87.2 Å². The summed E-state index contributed by atoms with van der Waals surface area (Å²) in [6.07, 6.45) is 3.72. The zero-order valence-electron chi connectivity index (χ0n) is 7.60. The van der Waals surface area contributed by atoms with E-state index >= 15 is 0 Å². The van der Waals surface area contributed by atoms with Crippen LogP contribution in [-0.4, -0.2) is 9.55 Å². The summed E-state index contributed by atoms with van der Waals surface area (Å²) in [5.41, 5.74) is 7.69. The Morgan fingerprint density at radius 3 is 2.50 bits per heavy atom. The average molecular weight is 205 g/mol. The molecule has 1 aromatic carbocycles. The second-order valence-corrected chi connectivity index (χ2v) is 3.39. The van der Waals surface area contributed by atoms with Crippen LogP contribution in [0.2, 0.25) is 0 Å². The van der Waals surface area contributed by atoms with Crippen molar-refractivity contribution in [1.82, 2.24) is 9.55 Å². The third-order valence-corrected chi connectivity index (χ3v) is 2.41. The molecule has 0 saturated carbocycles. The van der Waals surface area contributed by atoms with E-state index in [0.717, 1.165) is 11.3 Å². The smallest absolute Gasteiger partial charge is 0.181 e. The normalized spacial score (nSPS) is 10.4. The maximum Gasteiger partial charge on any atom is 0.181 e. The average Bonchev–Trinajstić information content (AvgIpc) is 2.65. The molecule has 0 saturated heterocycles. The second kappa shape index (κ2) is 3.77. The third kappa shape index (κ3) is 1.62. The highest BCUT2D eigenvalue weighted by atomic mass is 32.1. The number of benzene rings is 1. The summed E-state index contributed by atoms with van der Waals surface area (Å²) in [6, 6.07) is 8.02. The molecule has 0 spiro atoms. The molecule has 0 bridgehead atoms. The van der Waals surface area contributed by atoms with E-state index in [1.807, 2.05) is 41.2 Å². The first-order valence-corrected chi connectivity index (χ1v) is 4.77. The Hall–Kier alpha value is -1.39. The van der Waals surface area contributed by atoms with Crippen molar-refractivity contribution >= 4 is 12.2 Å². The highest BCUT2D eigenvalue weighted by Gasteiger charge is 1.96. The van der Waals surface area contributed by atoms with Crippen LogP contribution in [0.3, 0.4) is 0 Å². The Morgan fingerprint density at radius 2 is 2.00 bits per heavy atom. The molecule has 0 amide bonds. The minimum Gasteiger partial charge on any atom is -0.337 e. The molecular weight excluding hydrogens is 194 g/mol. The fourth-order valence-corrected chi connectivity index (χ4v) is 1.55. The van der Waals surface area contributed by atoms with Gasteiger partial charge in [-0.3, -0.25) is 4.57 Å². The maximum atomic E-state index is 5.51. The molecule has 72 valence electrons. The van der Waals surface area contributed by atoms with Gasteiger partial charge < -0.3 is 10.7 Å². The van der Waals surface area contributed by atoms with Crippen molar-refractivity contribution in [2.75, 3.05) is 0 Å². The number of hydrogen-bond donors (Lipinski definition) is 2. The van der Waals surface area contributed by atoms with Gasteiger partial charge in [-0.15, -0.1) is 0 Å². The van der Waals surface area contributed by atoms with E-state index in [9.17, 15) is 0 Å². The number of rotatable bonds is 2. The van der Waals surface area contributed by atoms with Crippen molar-refractivity contribution in [1.29, 1.82) is 0 Å². The molecule has 14 heavy (non-hydrogen) atoms. The summed E-state index contributed by atoms with van der Waals surface area (Å²) in [4.78, 5) is 2.95. The maximum absolute atomic E-state index is 5.51. The summed E-state index contributed by atoms with van der Waals surface area (Å²) < 4.78 is 2.61. The van der Waals surface area contributed by atoms with Crippen molar-refractivity contribution < 1.29 is 0 Å². The minimum absolute atomic E-state index is 0.568. The number of aromatic amines is 1. The lowest BCUT2D eigenvalue weighted by Crippen LogP contribution is -1.97. The highest BCUT2D eigenvalue weighted by Crippen LogP contribution is 2.09. The molecule has 0 aliphatic rings. The van der Waals surface area contributed by atoms with E-state index in [4.69, 9.17) is 18.0 Å². The van der Waals surface area contributed by atoms with Crippen molar-refractivity contribution in [3.8, 4) is 5.69 Å². The van der Waals surface area contributed by atoms with Gasteiger partial charge in [0, 0.05) is 24.6 Å². The van der Waals surface area contributed by atoms with Gasteiger partial charge in [-0.1, -0.05) is 12.1 Å². The lowest BCUT2D eigenvalue weighted by molar-refractivity contribution is 1.02. The van der Waals surface area contributed by atoms with Crippen LogP contribution in [0, 0.1) is 4.77 Å². The lowest BCUT2D eigenvalue weighted by Gasteiger charge is -2.02. The van der Waals surface area contributed by atoms with Crippen LogP contribution in [0.25, 0.3) is 5.69 Å². The van der Waals surface area contributed by atoms with Gasteiger partial charge >= 0.3 is 0 Å². The van der Waals surface area contributed by atoms with Crippen LogP contribution < -0.4 is 5.73 Å². The first-order valence-electron chi connectivity index (χ1n) is 4.36. The van der Waals surface area contributed by atoms with Crippen LogP contribution in [0.15, 0.2) is 36.7 Å². The third-order valence-electron chi connectivity index (χ3n) is 2.10. The van der Waals surface area contributed by atoms with Gasteiger partial charge in [-0.05, 0) is 29.9 Å². The van der Waals surface area contributed by atoms with Crippen LogP contribution in [0.1, 0.15) is 5.56 Å². The van der Waals surface area contributed by atoms with Gasteiger partial charge in [0.15, 0.2) is 4.77 Å².